The highest BCUT2D eigenvalue weighted by molar-refractivity contribution is 6.42. The first-order valence-corrected chi connectivity index (χ1v) is 7.55. The third-order valence-electron chi connectivity index (χ3n) is 3.28. The van der Waals surface area contributed by atoms with Crippen LogP contribution in [-0.4, -0.2) is 25.0 Å². The second-order valence-corrected chi connectivity index (χ2v) is 6.00. The molecule has 1 amide bonds. The average Bonchev–Trinajstić information content (AvgIpc) is 2.48. The second-order valence-electron chi connectivity index (χ2n) is 5.18. The van der Waals surface area contributed by atoms with Crippen molar-refractivity contribution in [2.75, 3.05) is 19.0 Å². The Morgan fingerprint density at radius 1 is 1.14 bits per heavy atom. The maximum absolute atomic E-state index is 11.4. The summed E-state index contributed by atoms with van der Waals surface area (Å²) >= 11 is 11.9. The van der Waals surface area contributed by atoms with Gasteiger partial charge in [0.2, 0.25) is 0 Å². The summed E-state index contributed by atoms with van der Waals surface area (Å²) in [6.07, 6.45) is 1.52. The Hall–Kier alpha value is -1.78. The highest BCUT2D eigenvalue weighted by Crippen LogP contribution is 2.23. The number of nitrogens with zero attached hydrogens (tertiary/aromatic N) is 2. The first-order valence-electron chi connectivity index (χ1n) is 6.79. The molecule has 0 bridgehead atoms. The second kappa shape index (κ2) is 6.99. The molecule has 0 aliphatic rings. The molecule has 116 valence electrons. The monoisotopic (exact) mass is 337 g/mol. The van der Waals surface area contributed by atoms with Gasteiger partial charge < -0.3 is 10.6 Å². The summed E-state index contributed by atoms with van der Waals surface area (Å²) < 4.78 is 0. The first kappa shape index (κ1) is 16.6. The highest BCUT2D eigenvalue weighted by Gasteiger charge is 2.12. The SMILES string of the molecule is CN(C)c1nc(CCc2ccc(Cl)c(Cl)c2)ccc1C(N)=O. The molecule has 1 heterocycles. The molecule has 0 unspecified atom stereocenters. The van der Waals surface area contributed by atoms with Gasteiger partial charge in [0, 0.05) is 19.8 Å². The number of pyridine rings is 1. The predicted molar refractivity (Wildman–Crippen MR) is 91.0 cm³/mol. The van der Waals surface area contributed by atoms with Crippen LogP contribution in [0.1, 0.15) is 21.6 Å². The molecular weight excluding hydrogens is 321 g/mol. The van der Waals surface area contributed by atoms with Gasteiger partial charge in [-0.3, -0.25) is 4.79 Å². The van der Waals surface area contributed by atoms with Gasteiger partial charge in [0.05, 0.1) is 15.6 Å². The summed E-state index contributed by atoms with van der Waals surface area (Å²) in [7, 11) is 3.66. The van der Waals surface area contributed by atoms with E-state index in [1.807, 2.05) is 32.3 Å². The minimum absolute atomic E-state index is 0.420. The Balaban J connectivity index is 2.17. The van der Waals surface area contributed by atoms with Crippen molar-refractivity contribution >= 4 is 34.9 Å². The molecule has 1 aromatic carbocycles. The van der Waals surface area contributed by atoms with E-state index in [4.69, 9.17) is 28.9 Å². The molecular formula is C16H17Cl2N3O. The number of hydrogen-bond donors (Lipinski definition) is 1. The van der Waals surface area contributed by atoms with Crippen molar-refractivity contribution in [1.82, 2.24) is 4.98 Å². The van der Waals surface area contributed by atoms with Crippen LogP contribution >= 0.6 is 23.2 Å². The van der Waals surface area contributed by atoms with Crippen molar-refractivity contribution in [3.8, 4) is 0 Å². The van der Waals surface area contributed by atoms with Crippen LogP contribution in [0.4, 0.5) is 5.82 Å². The van der Waals surface area contributed by atoms with Gasteiger partial charge in [-0.15, -0.1) is 0 Å². The highest BCUT2D eigenvalue weighted by atomic mass is 35.5. The van der Waals surface area contributed by atoms with Crippen LogP contribution in [0.5, 0.6) is 0 Å². The number of aromatic nitrogens is 1. The minimum atomic E-state index is -0.479. The fourth-order valence-electron chi connectivity index (χ4n) is 2.13. The number of rotatable bonds is 5. The molecule has 0 radical (unpaired) electrons. The number of benzene rings is 1. The number of hydrogen-bond acceptors (Lipinski definition) is 3. The van der Waals surface area contributed by atoms with E-state index < -0.39 is 5.91 Å². The predicted octanol–water partition coefficient (Wildman–Crippen LogP) is 3.34. The molecule has 6 heteroatoms. The summed E-state index contributed by atoms with van der Waals surface area (Å²) in [5.41, 5.74) is 7.76. The lowest BCUT2D eigenvalue weighted by Gasteiger charge is -2.15. The fourth-order valence-corrected chi connectivity index (χ4v) is 2.45. The summed E-state index contributed by atoms with van der Waals surface area (Å²) in [5.74, 6) is 0.103. The maximum Gasteiger partial charge on any atom is 0.252 e. The average molecular weight is 338 g/mol. The number of nitrogens with two attached hydrogens (primary N) is 1. The van der Waals surface area contributed by atoms with E-state index in [1.165, 1.54) is 0 Å². The first-order chi connectivity index (χ1) is 10.4. The maximum atomic E-state index is 11.4. The van der Waals surface area contributed by atoms with Crippen LogP contribution < -0.4 is 10.6 Å². The zero-order chi connectivity index (χ0) is 16.3. The Bertz CT molecular complexity index is 702. The van der Waals surface area contributed by atoms with Crippen LogP contribution in [0.15, 0.2) is 30.3 Å². The third-order valence-corrected chi connectivity index (χ3v) is 4.01. The van der Waals surface area contributed by atoms with E-state index >= 15 is 0 Å². The van der Waals surface area contributed by atoms with Crippen molar-refractivity contribution < 1.29 is 4.79 Å². The van der Waals surface area contributed by atoms with Gasteiger partial charge in [-0.2, -0.15) is 0 Å². The van der Waals surface area contributed by atoms with Crippen molar-refractivity contribution in [2.45, 2.75) is 12.8 Å². The normalized spacial score (nSPS) is 10.5. The molecule has 0 fully saturated rings. The summed E-state index contributed by atoms with van der Waals surface area (Å²) in [4.78, 5) is 17.7. The van der Waals surface area contributed by atoms with Gasteiger partial charge >= 0.3 is 0 Å². The van der Waals surface area contributed by atoms with E-state index in [1.54, 1.807) is 17.0 Å². The number of anilines is 1. The lowest BCUT2D eigenvalue weighted by Crippen LogP contribution is -2.20. The zero-order valence-corrected chi connectivity index (χ0v) is 13.9. The number of halogens is 2. The number of primary amides is 1. The van der Waals surface area contributed by atoms with Crippen LogP contribution in [0.25, 0.3) is 0 Å². The summed E-state index contributed by atoms with van der Waals surface area (Å²) in [6.45, 7) is 0. The van der Waals surface area contributed by atoms with Gasteiger partial charge in [-0.25, -0.2) is 4.98 Å². The molecule has 1 aromatic heterocycles. The van der Waals surface area contributed by atoms with Crippen LogP contribution in [0.2, 0.25) is 10.0 Å². The quantitative estimate of drug-likeness (QED) is 0.910. The van der Waals surface area contributed by atoms with E-state index in [0.717, 1.165) is 24.1 Å². The van der Waals surface area contributed by atoms with Crippen LogP contribution in [0, 0.1) is 0 Å². The molecule has 0 aliphatic heterocycles. The number of carbonyl (C=O) groups excluding carboxylic acids is 1. The summed E-state index contributed by atoms with van der Waals surface area (Å²) in [5, 5.41) is 1.09. The Morgan fingerprint density at radius 2 is 1.86 bits per heavy atom. The van der Waals surface area contributed by atoms with E-state index in [0.29, 0.717) is 21.4 Å². The Labute approximate surface area is 139 Å². The number of amides is 1. The topological polar surface area (TPSA) is 59.2 Å². The van der Waals surface area contributed by atoms with Crippen molar-refractivity contribution in [3.63, 3.8) is 0 Å². The molecule has 0 spiro atoms. The van der Waals surface area contributed by atoms with Crippen molar-refractivity contribution in [1.29, 1.82) is 0 Å². The molecule has 2 aromatic rings. The van der Waals surface area contributed by atoms with E-state index in [-0.39, 0.29) is 0 Å². The van der Waals surface area contributed by atoms with Gasteiger partial charge in [0.25, 0.3) is 5.91 Å². The van der Waals surface area contributed by atoms with Crippen LogP contribution in [-0.2, 0) is 12.8 Å². The lowest BCUT2D eigenvalue weighted by atomic mass is 10.1. The van der Waals surface area contributed by atoms with Gasteiger partial charge in [-0.1, -0.05) is 29.3 Å². The summed E-state index contributed by atoms with van der Waals surface area (Å²) in [6, 6.07) is 9.13. The largest absolute Gasteiger partial charge is 0.365 e. The lowest BCUT2D eigenvalue weighted by molar-refractivity contribution is 0.100. The smallest absolute Gasteiger partial charge is 0.252 e. The van der Waals surface area contributed by atoms with Gasteiger partial charge in [0.15, 0.2) is 0 Å². The molecule has 2 N–H and O–H groups in total. The molecule has 0 saturated heterocycles. The molecule has 2 rings (SSSR count). The molecule has 4 nitrogen and oxygen atoms in total. The molecule has 0 aliphatic carbocycles. The Morgan fingerprint density at radius 3 is 2.45 bits per heavy atom. The van der Waals surface area contributed by atoms with Crippen molar-refractivity contribution in [2.24, 2.45) is 5.73 Å². The van der Waals surface area contributed by atoms with Crippen molar-refractivity contribution in [3.05, 3.63) is 57.2 Å². The van der Waals surface area contributed by atoms with E-state index in [2.05, 4.69) is 4.98 Å². The Kier molecular flexibility index (Phi) is 5.27. The number of carbonyl (C=O) groups is 1. The molecule has 22 heavy (non-hydrogen) atoms. The third kappa shape index (κ3) is 3.90. The standard InChI is InChI=1S/C16H17Cl2N3O/c1-21(2)16-12(15(19)22)7-6-11(20-16)5-3-10-4-8-13(17)14(18)9-10/h4,6-9H,3,5H2,1-2H3,(H2,19,22). The van der Waals surface area contributed by atoms with Gasteiger partial charge in [-0.05, 0) is 42.7 Å². The molecule has 0 saturated carbocycles. The fraction of sp³-hybridized carbons (Fsp3) is 0.250. The van der Waals surface area contributed by atoms with Crippen LogP contribution in [0.3, 0.4) is 0 Å². The minimum Gasteiger partial charge on any atom is -0.365 e. The van der Waals surface area contributed by atoms with Gasteiger partial charge in [0.1, 0.15) is 5.82 Å². The molecule has 0 atom stereocenters. The number of aryl methyl sites for hydroxylation is 2. The zero-order valence-electron chi connectivity index (χ0n) is 12.4. The van der Waals surface area contributed by atoms with E-state index in [9.17, 15) is 4.79 Å².